The van der Waals surface area contributed by atoms with E-state index in [-0.39, 0.29) is 11.9 Å². The normalized spacial score (nSPS) is 16.7. The van der Waals surface area contributed by atoms with E-state index in [9.17, 15) is 4.79 Å². The van der Waals surface area contributed by atoms with Gasteiger partial charge in [-0.3, -0.25) is 14.7 Å². The molecule has 0 bridgehead atoms. The quantitative estimate of drug-likeness (QED) is 0.756. The molecule has 1 aromatic carbocycles. The van der Waals surface area contributed by atoms with E-state index in [1.807, 2.05) is 24.3 Å². The second kappa shape index (κ2) is 7.72. The Balaban J connectivity index is 1.41. The second-order valence-electron chi connectivity index (χ2n) is 6.69. The highest BCUT2D eigenvalue weighted by atomic mass is 16.5. The topological polar surface area (TPSA) is 71.3 Å². The van der Waals surface area contributed by atoms with E-state index in [2.05, 4.69) is 45.5 Å². The van der Waals surface area contributed by atoms with Gasteiger partial charge in [-0.15, -0.1) is 0 Å². The van der Waals surface area contributed by atoms with Crippen molar-refractivity contribution in [3.8, 4) is 11.3 Å². The summed E-state index contributed by atoms with van der Waals surface area (Å²) in [6, 6.07) is 13.8. The SMILES string of the molecule is CCN1Cc2ccccc2C[C@@H]1C(=O)NCc1cc(-c2cccnc2)no1. The molecule has 3 heterocycles. The highest BCUT2D eigenvalue weighted by Gasteiger charge is 2.30. The number of fused-ring (bicyclic) bond motifs is 1. The molecular formula is C21H22N4O2. The predicted octanol–water partition coefficient (Wildman–Crippen LogP) is 2.80. The monoisotopic (exact) mass is 362 g/mol. The van der Waals surface area contributed by atoms with Gasteiger partial charge in [-0.1, -0.05) is 36.3 Å². The second-order valence-corrected chi connectivity index (χ2v) is 6.69. The van der Waals surface area contributed by atoms with Gasteiger partial charge in [0, 0.05) is 30.6 Å². The van der Waals surface area contributed by atoms with Crippen LogP contribution in [0.4, 0.5) is 0 Å². The number of pyridine rings is 1. The molecular weight excluding hydrogens is 340 g/mol. The maximum atomic E-state index is 12.8. The number of carbonyl (C=O) groups is 1. The smallest absolute Gasteiger partial charge is 0.238 e. The summed E-state index contributed by atoms with van der Waals surface area (Å²) in [7, 11) is 0. The molecule has 0 unspecified atom stereocenters. The summed E-state index contributed by atoms with van der Waals surface area (Å²) >= 11 is 0. The van der Waals surface area contributed by atoms with Crippen LogP contribution in [0.3, 0.4) is 0 Å². The molecule has 0 radical (unpaired) electrons. The van der Waals surface area contributed by atoms with Crippen LogP contribution in [0.2, 0.25) is 0 Å². The minimum atomic E-state index is -0.161. The lowest BCUT2D eigenvalue weighted by Gasteiger charge is -2.35. The lowest BCUT2D eigenvalue weighted by Crippen LogP contribution is -2.49. The fourth-order valence-electron chi connectivity index (χ4n) is 3.51. The summed E-state index contributed by atoms with van der Waals surface area (Å²) in [5, 5.41) is 7.06. The fourth-order valence-corrected chi connectivity index (χ4v) is 3.51. The van der Waals surface area contributed by atoms with E-state index < -0.39 is 0 Å². The van der Waals surface area contributed by atoms with Gasteiger partial charge in [0.2, 0.25) is 5.91 Å². The third-order valence-electron chi connectivity index (χ3n) is 5.01. The van der Waals surface area contributed by atoms with Crippen LogP contribution in [-0.2, 0) is 24.3 Å². The van der Waals surface area contributed by atoms with Crippen molar-refractivity contribution in [2.75, 3.05) is 6.54 Å². The van der Waals surface area contributed by atoms with E-state index in [0.717, 1.165) is 25.1 Å². The Bertz CT molecular complexity index is 923. The molecule has 2 aromatic heterocycles. The van der Waals surface area contributed by atoms with Crippen molar-refractivity contribution in [3.05, 3.63) is 71.7 Å². The Morgan fingerprint density at radius 2 is 2.11 bits per heavy atom. The van der Waals surface area contributed by atoms with Crippen molar-refractivity contribution in [2.45, 2.75) is 32.5 Å². The number of rotatable bonds is 5. The molecule has 6 nitrogen and oxygen atoms in total. The molecule has 0 saturated carbocycles. The van der Waals surface area contributed by atoms with Gasteiger partial charge in [0.15, 0.2) is 5.76 Å². The van der Waals surface area contributed by atoms with Gasteiger partial charge in [-0.25, -0.2) is 0 Å². The molecule has 0 aliphatic carbocycles. The number of hydrogen-bond donors (Lipinski definition) is 1. The van der Waals surface area contributed by atoms with Crippen LogP contribution in [-0.4, -0.2) is 33.5 Å². The standard InChI is InChI=1S/C21H22N4O2/c1-2-25-14-17-7-4-3-6-15(17)10-20(25)21(26)23-13-18-11-19(24-27-18)16-8-5-9-22-12-16/h3-9,11-12,20H,2,10,13-14H2,1H3,(H,23,26)/t20-/m1/s1. The van der Waals surface area contributed by atoms with Crippen molar-refractivity contribution >= 4 is 5.91 Å². The Labute approximate surface area is 158 Å². The maximum Gasteiger partial charge on any atom is 0.238 e. The number of carbonyl (C=O) groups excluding carboxylic acids is 1. The minimum Gasteiger partial charge on any atom is -0.359 e. The van der Waals surface area contributed by atoms with Gasteiger partial charge in [-0.2, -0.15) is 0 Å². The van der Waals surface area contributed by atoms with E-state index >= 15 is 0 Å². The average Bonchev–Trinajstić information content (AvgIpc) is 3.20. The zero-order valence-electron chi connectivity index (χ0n) is 15.3. The molecule has 1 N–H and O–H groups in total. The Kier molecular flexibility index (Phi) is 4.98. The molecule has 1 amide bonds. The first-order valence-corrected chi connectivity index (χ1v) is 9.19. The number of hydrogen-bond acceptors (Lipinski definition) is 5. The van der Waals surface area contributed by atoms with Gasteiger partial charge >= 0.3 is 0 Å². The Morgan fingerprint density at radius 3 is 2.89 bits per heavy atom. The summed E-state index contributed by atoms with van der Waals surface area (Å²) in [5.41, 5.74) is 4.16. The molecule has 138 valence electrons. The molecule has 6 heteroatoms. The summed E-state index contributed by atoms with van der Waals surface area (Å²) in [6.45, 7) is 4.05. The number of benzene rings is 1. The third kappa shape index (κ3) is 3.75. The molecule has 0 fully saturated rings. The lowest BCUT2D eigenvalue weighted by atomic mass is 9.93. The van der Waals surface area contributed by atoms with Crippen LogP contribution in [0.15, 0.2) is 59.4 Å². The molecule has 1 aliphatic heterocycles. The Morgan fingerprint density at radius 1 is 1.26 bits per heavy atom. The minimum absolute atomic E-state index is 0.0191. The largest absolute Gasteiger partial charge is 0.359 e. The van der Waals surface area contributed by atoms with Gasteiger partial charge in [0.1, 0.15) is 5.69 Å². The van der Waals surface area contributed by atoms with Crippen LogP contribution in [0, 0.1) is 0 Å². The van der Waals surface area contributed by atoms with Gasteiger partial charge in [-0.05, 0) is 36.2 Å². The highest BCUT2D eigenvalue weighted by Crippen LogP contribution is 2.23. The molecule has 0 spiro atoms. The van der Waals surface area contributed by atoms with Crippen LogP contribution in [0.25, 0.3) is 11.3 Å². The van der Waals surface area contributed by atoms with Crippen LogP contribution >= 0.6 is 0 Å². The first-order valence-electron chi connectivity index (χ1n) is 9.19. The zero-order valence-corrected chi connectivity index (χ0v) is 15.3. The van der Waals surface area contributed by atoms with E-state index in [4.69, 9.17) is 4.52 Å². The highest BCUT2D eigenvalue weighted by molar-refractivity contribution is 5.82. The van der Waals surface area contributed by atoms with Crippen molar-refractivity contribution in [3.63, 3.8) is 0 Å². The summed E-state index contributed by atoms with van der Waals surface area (Å²) < 4.78 is 5.36. The van der Waals surface area contributed by atoms with E-state index in [1.54, 1.807) is 12.4 Å². The van der Waals surface area contributed by atoms with Gasteiger partial charge < -0.3 is 9.84 Å². The van der Waals surface area contributed by atoms with Crippen LogP contribution < -0.4 is 5.32 Å². The number of nitrogens with one attached hydrogen (secondary N) is 1. The molecule has 0 saturated heterocycles. The fraction of sp³-hybridized carbons (Fsp3) is 0.286. The number of amides is 1. The first-order chi connectivity index (χ1) is 13.2. The number of nitrogens with zero attached hydrogens (tertiary/aromatic N) is 3. The molecule has 4 rings (SSSR count). The van der Waals surface area contributed by atoms with E-state index in [1.165, 1.54) is 11.1 Å². The van der Waals surface area contributed by atoms with Crippen molar-refractivity contribution in [1.82, 2.24) is 20.4 Å². The lowest BCUT2D eigenvalue weighted by molar-refractivity contribution is -0.127. The van der Waals surface area contributed by atoms with Crippen molar-refractivity contribution in [1.29, 1.82) is 0 Å². The molecule has 27 heavy (non-hydrogen) atoms. The maximum absolute atomic E-state index is 12.8. The van der Waals surface area contributed by atoms with Gasteiger partial charge in [0.05, 0.1) is 12.6 Å². The third-order valence-corrected chi connectivity index (χ3v) is 5.01. The summed E-state index contributed by atoms with van der Waals surface area (Å²) in [6.07, 6.45) is 4.18. The zero-order chi connectivity index (χ0) is 18.6. The summed E-state index contributed by atoms with van der Waals surface area (Å²) in [4.78, 5) is 19.1. The van der Waals surface area contributed by atoms with E-state index in [0.29, 0.717) is 18.0 Å². The van der Waals surface area contributed by atoms with Crippen molar-refractivity contribution < 1.29 is 9.32 Å². The Hall–Kier alpha value is -2.99. The number of likely N-dealkylation sites (N-methyl/N-ethyl adjacent to an activating group) is 1. The van der Waals surface area contributed by atoms with Gasteiger partial charge in [0.25, 0.3) is 0 Å². The molecule has 1 aliphatic rings. The molecule has 1 atom stereocenters. The first kappa shape index (κ1) is 17.4. The van der Waals surface area contributed by atoms with Crippen LogP contribution in [0.1, 0.15) is 23.8 Å². The summed E-state index contributed by atoms with van der Waals surface area (Å²) in [5.74, 6) is 0.646. The van der Waals surface area contributed by atoms with Crippen molar-refractivity contribution in [2.24, 2.45) is 0 Å². The predicted molar refractivity (Wildman–Crippen MR) is 102 cm³/mol. The molecule has 3 aromatic rings. The average molecular weight is 362 g/mol. The number of aromatic nitrogens is 2. The van der Waals surface area contributed by atoms with Crippen LogP contribution in [0.5, 0.6) is 0 Å².